The lowest BCUT2D eigenvalue weighted by Gasteiger charge is -2.07. The van der Waals surface area contributed by atoms with Crippen molar-refractivity contribution in [1.29, 1.82) is 0 Å². The van der Waals surface area contributed by atoms with Gasteiger partial charge in [-0.25, -0.2) is 14.2 Å². The summed E-state index contributed by atoms with van der Waals surface area (Å²) in [6.45, 7) is 3.51. The van der Waals surface area contributed by atoms with E-state index in [1.165, 1.54) is 13.2 Å². The van der Waals surface area contributed by atoms with Gasteiger partial charge in [-0.1, -0.05) is 23.5 Å². The summed E-state index contributed by atoms with van der Waals surface area (Å²) >= 11 is 1.14. The first-order chi connectivity index (χ1) is 9.02. The molecule has 0 aliphatic heterocycles. The Morgan fingerprint density at radius 2 is 2.16 bits per heavy atom. The van der Waals surface area contributed by atoms with Crippen molar-refractivity contribution in [3.63, 3.8) is 0 Å². The largest absolute Gasteiger partial charge is 0.465 e. The maximum atomic E-state index is 13.7. The Kier molecular flexibility index (Phi) is 3.80. The van der Waals surface area contributed by atoms with Crippen LogP contribution in [0.2, 0.25) is 0 Å². The molecule has 1 aromatic carbocycles. The minimum Gasteiger partial charge on any atom is -0.465 e. The van der Waals surface area contributed by atoms with Crippen LogP contribution in [0.1, 0.15) is 20.9 Å². The summed E-state index contributed by atoms with van der Waals surface area (Å²) in [5.74, 6) is -0.791. The third-order valence-corrected chi connectivity index (χ3v) is 3.67. The molecule has 1 heterocycles. The summed E-state index contributed by atoms with van der Waals surface area (Å²) in [5.41, 5.74) is 1.70. The molecule has 6 heteroatoms. The molecule has 0 aliphatic carbocycles. The highest BCUT2D eigenvalue weighted by Crippen LogP contribution is 2.29. The van der Waals surface area contributed by atoms with E-state index < -0.39 is 5.97 Å². The van der Waals surface area contributed by atoms with Gasteiger partial charge in [0, 0.05) is 0 Å². The molecule has 0 saturated carbocycles. The number of carbonyl (C=O) groups excluding carboxylic acids is 1. The van der Waals surface area contributed by atoms with Gasteiger partial charge in [-0.2, -0.15) is 0 Å². The Morgan fingerprint density at radius 1 is 1.42 bits per heavy atom. The number of esters is 1. The Bertz CT molecular complexity index is 605. The molecule has 0 aliphatic rings. The molecule has 19 heavy (non-hydrogen) atoms. The van der Waals surface area contributed by atoms with E-state index in [2.05, 4.69) is 15.0 Å². The number of methoxy groups -OCH3 is 1. The van der Waals surface area contributed by atoms with E-state index >= 15 is 0 Å². The van der Waals surface area contributed by atoms with Crippen molar-refractivity contribution in [3.8, 4) is 0 Å². The number of hydrogen-bond donors (Lipinski definition) is 1. The molecule has 0 spiro atoms. The highest BCUT2D eigenvalue weighted by atomic mass is 32.1. The Labute approximate surface area is 114 Å². The Balaban J connectivity index is 2.32. The molecule has 2 aromatic rings. The summed E-state index contributed by atoms with van der Waals surface area (Å²) in [4.78, 5) is 16.1. The normalized spacial score (nSPS) is 10.3. The number of ether oxygens (including phenoxy) is 1. The summed E-state index contributed by atoms with van der Waals surface area (Å²) in [6, 6.07) is 4.81. The van der Waals surface area contributed by atoms with Crippen LogP contribution in [0.15, 0.2) is 18.2 Å². The molecule has 1 aromatic heterocycles. The minimum atomic E-state index is -0.437. The topological polar surface area (TPSA) is 51.2 Å². The first-order valence-electron chi connectivity index (χ1n) is 5.60. The van der Waals surface area contributed by atoms with Crippen LogP contribution in [0.4, 0.5) is 15.2 Å². The van der Waals surface area contributed by atoms with Crippen molar-refractivity contribution < 1.29 is 13.9 Å². The molecule has 1 N–H and O–H groups in total. The quantitative estimate of drug-likeness (QED) is 0.875. The predicted molar refractivity (Wildman–Crippen MR) is 72.6 cm³/mol. The zero-order chi connectivity index (χ0) is 14.0. The van der Waals surface area contributed by atoms with Crippen LogP contribution in [0.3, 0.4) is 0 Å². The van der Waals surface area contributed by atoms with Gasteiger partial charge in [-0.3, -0.25) is 0 Å². The van der Waals surface area contributed by atoms with Crippen LogP contribution in [0.5, 0.6) is 0 Å². The first kappa shape index (κ1) is 13.5. The number of aryl methyl sites for hydroxylation is 2. The van der Waals surface area contributed by atoms with Crippen molar-refractivity contribution in [1.82, 2.24) is 4.98 Å². The van der Waals surface area contributed by atoms with E-state index in [9.17, 15) is 9.18 Å². The van der Waals surface area contributed by atoms with Crippen LogP contribution in [-0.2, 0) is 4.74 Å². The molecule has 0 bridgehead atoms. The standard InChI is InChI=1S/C13H13FN2O2S/c1-7-5-4-6-9(14)10(7)16-13-15-8(2)11(19-13)12(17)18-3/h4-6H,1-3H3,(H,15,16). The average Bonchev–Trinajstić information content (AvgIpc) is 2.74. The Hall–Kier alpha value is -1.95. The maximum Gasteiger partial charge on any atom is 0.350 e. The summed E-state index contributed by atoms with van der Waals surface area (Å²) < 4.78 is 18.3. The average molecular weight is 280 g/mol. The molecule has 0 radical (unpaired) electrons. The highest BCUT2D eigenvalue weighted by Gasteiger charge is 2.16. The third kappa shape index (κ3) is 2.73. The van der Waals surface area contributed by atoms with Crippen molar-refractivity contribution in [2.75, 3.05) is 12.4 Å². The fourth-order valence-electron chi connectivity index (χ4n) is 1.63. The van der Waals surface area contributed by atoms with Crippen molar-refractivity contribution in [2.45, 2.75) is 13.8 Å². The zero-order valence-electron chi connectivity index (χ0n) is 10.8. The summed E-state index contributed by atoms with van der Waals surface area (Å²) in [5, 5.41) is 3.37. The number of anilines is 2. The number of nitrogens with zero attached hydrogens (tertiary/aromatic N) is 1. The van der Waals surface area contributed by atoms with Gasteiger partial charge < -0.3 is 10.1 Å². The lowest BCUT2D eigenvalue weighted by atomic mass is 10.2. The van der Waals surface area contributed by atoms with Crippen LogP contribution in [-0.4, -0.2) is 18.1 Å². The number of hydrogen-bond acceptors (Lipinski definition) is 5. The fraction of sp³-hybridized carbons (Fsp3) is 0.231. The molecule has 0 amide bonds. The molecular weight excluding hydrogens is 267 g/mol. The number of nitrogens with one attached hydrogen (secondary N) is 1. The van der Waals surface area contributed by atoms with E-state index in [0.717, 1.165) is 16.9 Å². The predicted octanol–water partition coefficient (Wildman–Crippen LogP) is 3.43. The molecule has 0 atom stereocenters. The molecule has 0 saturated heterocycles. The van der Waals surface area contributed by atoms with Gasteiger partial charge in [0.1, 0.15) is 10.7 Å². The zero-order valence-corrected chi connectivity index (χ0v) is 11.6. The smallest absolute Gasteiger partial charge is 0.350 e. The highest BCUT2D eigenvalue weighted by molar-refractivity contribution is 7.17. The molecule has 0 fully saturated rings. The van der Waals surface area contributed by atoms with Gasteiger partial charge in [0.05, 0.1) is 18.5 Å². The minimum absolute atomic E-state index is 0.354. The maximum absolute atomic E-state index is 13.7. The van der Waals surface area contributed by atoms with Crippen LogP contribution in [0.25, 0.3) is 0 Å². The molecule has 0 unspecified atom stereocenters. The lowest BCUT2D eigenvalue weighted by molar-refractivity contribution is 0.0605. The van der Waals surface area contributed by atoms with Crippen molar-refractivity contribution >= 4 is 28.1 Å². The number of rotatable bonds is 3. The molecule has 100 valence electrons. The third-order valence-electron chi connectivity index (χ3n) is 2.62. The monoisotopic (exact) mass is 280 g/mol. The van der Waals surface area contributed by atoms with E-state index in [0.29, 0.717) is 21.4 Å². The van der Waals surface area contributed by atoms with E-state index in [4.69, 9.17) is 0 Å². The van der Waals surface area contributed by atoms with Crippen LogP contribution < -0.4 is 5.32 Å². The first-order valence-corrected chi connectivity index (χ1v) is 6.42. The lowest BCUT2D eigenvalue weighted by Crippen LogP contribution is -1.99. The summed E-state index contributed by atoms with van der Waals surface area (Å²) in [6.07, 6.45) is 0. The second-order valence-electron chi connectivity index (χ2n) is 3.98. The van der Waals surface area contributed by atoms with Gasteiger partial charge in [0.25, 0.3) is 0 Å². The molecule has 4 nitrogen and oxygen atoms in total. The van der Waals surface area contributed by atoms with Crippen molar-refractivity contribution in [2.24, 2.45) is 0 Å². The number of aromatic nitrogens is 1. The second kappa shape index (κ2) is 5.36. The van der Waals surface area contributed by atoms with E-state index in [-0.39, 0.29) is 5.82 Å². The summed E-state index contributed by atoms with van der Waals surface area (Å²) in [7, 11) is 1.32. The Morgan fingerprint density at radius 3 is 2.79 bits per heavy atom. The SMILES string of the molecule is COC(=O)c1sc(Nc2c(C)cccc2F)nc1C. The fourth-order valence-corrected chi connectivity index (χ4v) is 2.52. The number of carbonyl (C=O) groups is 1. The van der Waals surface area contributed by atoms with Gasteiger partial charge in [-0.05, 0) is 25.5 Å². The molecule has 2 rings (SSSR count). The number of thiazole rings is 1. The van der Waals surface area contributed by atoms with Gasteiger partial charge >= 0.3 is 5.97 Å². The van der Waals surface area contributed by atoms with Crippen LogP contribution >= 0.6 is 11.3 Å². The van der Waals surface area contributed by atoms with Gasteiger partial charge in [-0.15, -0.1) is 0 Å². The number of halogens is 1. The second-order valence-corrected chi connectivity index (χ2v) is 4.98. The van der Waals surface area contributed by atoms with E-state index in [1.807, 2.05) is 0 Å². The molecular formula is C13H13FN2O2S. The van der Waals surface area contributed by atoms with Gasteiger partial charge in [0.2, 0.25) is 0 Å². The van der Waals surface area contributed by atoms with E-state index in [1.54, 1.807) is 26.0 Å². The van der Waals surface area contributed by atoms with Crippen LogP contribution in [0, 0.1) is 19.7 Å². The number of benzene rings is 1. The van der Waals surface area contributed by atoms with Gasteiger partial charge in [0.15, 0.2) is 5.13 Å². The van der Waals surface area contributed by atoms with Crippen molar-refractivity contribution in [3.05, 3.63) is 40.2 Å². The number of para-hydroxylation sites is 1.